The van der Waals surface area contributed by atoms with Crippen molar-refractivity contribution in [3.8, 4) is 0 Å². The first-order valence-electron chi connectivity index (χ1n) is 6.51. The minimum atomic E-state index is -0.340. The Morgan fingerprint density at radius 1 is 1.50 bits per heavy atom. The molecule has 8 heteroatoms. The highest BCUT2D eigenvalue weighted by Gasteiger charge is 2.30. The molecule has 3 rings (SSSR count). The fourth-order valence-corrected chi connectivity index (χ4v) is 2.86. The van der Waals surface area contributed by atoms with Gasteiger partial charge in [0.05, 0.1) is 0 Å². The predicted octanol–water partition coefficient (Wildman–Crippen LogP) is 0.930. The summed E-state index contributed by atoms with van der Waals surface area (Å²) in [6, 6.07) is -0.340. The van der Waals surface area contributed by atoms with Gasteiger partial charge in [-0.25, -0.2) is 0 Å². The number of carbonyl (C=O) groups is 1. The number of amides is 1. The molecule has 20 heavy (non-hydrogen) atoms. The number of rotatable bonds is 2. The molecule has 1 aliphatic heterocycles. The van der Waals surface area contributed by atoms with E-state index in [1.54, 1.807) is 4.52 Å². The molecule has 1 saturated heterocycles. The van der Waals surface area contributed by atoms with E-state index in [0.29, 0.717) is 10.9 Å². The Hall–Kier alpha value is -1.89. The summed E-state index contributed by atoms with van der Waals surface area (Å²) in [6.45, 7) is 2.60. The van der Waals surface area contributed by atoms with Gasteiger partial charge in [0.2, 0.25) is 5.91 Å². The van der Waals surface area contributed by atoms with Crippen LogP contribution in [0.15, 0.2) is 6.33 Å². The number of nitrogens with zero attached hydrogens (tertiary/aromatic N) is 5. The lowest BCUT2D eigenvalue weighted by molar-refractivity contribution is -0.119. The number of aromatic nitrogens is 4. The second kappa shape index (κ2) is 4.90. The van der Waals surface area contributed by atoms with Crippen LogP contribution in [0, 0.1) is 6.92 Å². The normalized spacial score (nSPS) is 19.5. The molecular formula is C12H15ClN6O. The van der Waals surface area contributed by atoms with Crippen LogP contribution >= 0.6 is 11.6 Å². The van der Waals surface area contributed by atoms with E-state index in [2.05, 4.69) is 15.1 Å². The lowest BCUT2D eigenvalue weighted by Gasteiger charge is -2.36. The third-order valence-electron chi connectivity index (χ3n) is 3.68. The maximum atomic E-state index is 11.7. The molecule has 1 fully saturated rings. The summed E-state index contributed by atoms with van der Waals surface area (Å²) in [7, 11) is 0. The lowest BCUT2D eigenvalue weighted by atomic mass is 10.0. The van der Waals surface area contributed by atoms with Gasteiger partial charge in [-0.1, -0.05) is 11.6 Å². The Kier molecular flexibility index (Phi) is 3.21. The van der Waals surface area contributed by atoms with Crippen LogP contribution in [0.1, 0.15) is 24.8 Å². The van der Waals surface area contributed by atoms with Crippen LogP contribution in [-0.2, 0) is 4.79 Å². The van der Waals surface area contributed by atoms with Crippen molar-refractivity contribution in [1.82, 2.24) is 19.6 Å². The topological polar surface area (TPSA) is 89.4 Å². The summed E-state index contributed by atoms with van der Waals surface area (Å²) in [5.74, 6) is 0.843. The summed E-state index contributed by atoms with van der Waals surface area (Å²) < 4.78 is 1.61. The number of piperidine rings is 1. The van der Waals surface area contributed by atoms with E-state index in [-0.39, 0.29) is 11.9 Å². The molecule has 0 aliphatic carbocycles. The Bertz CT molecular complexity index is 669. The Balaban J connectivity index is 2.19. The average Bonchev–Trinajstić information content (AvgIpc) is 2.87. The van der Waals surface area contributed by atoms with Crippen molar-refractivity contribution in [2.24, 2.45) is 5.73 Å². The molecule has 1 unspecified atom stereocenters. The van der Waals surface area contributed by atoms with Crippen molar-refractivity contribution in [2.75, 3.05) is 11.4 Å². The minimum absolute atomic E-state index is 0.328. The van der Waals surface area contributed by atoms with Crippen LogP contribution in [0.4, 0.5) is 5.82 Å². The van der Waals surface area contributed by atoms with Gasteiger partial charge in [-0.3, -0.25) is 4.79 Å². The van der Waals surface area contributed by atoms with Crippen molar-refractivity contribution in [3.05, 3.63) is 17.0 Å². The Morgan fingerprint density at radius 2 is 2.30 bits per heavy atom. The molecule has 106 valence electrons. The highest BCUT2D eigenvalue weighted by Crippen LogP contribution is 2.30. The summed E-state index contributed by atoms with van der Waals surface area (Å²) in [4.78, 5) is 21.9. The molecule has 2 aromatic heterocycles. The SMILES string of the molecule is Cc1c(Cl)nc2ncnn2c1N1CCCCC1C(N)=O. The summed E-state index contributed by atoms with van der Waals surface area (Å²) in [5.41, 5.74) is 6.30. The highest BCUT2D eigenvalue weighted by molar-refractivity contribution is 6.30. The van der Waals surface area contributed by atoms with E-state index in [4.69, 9.17) is 17.3 Å². The maximum absolute atomic E-state index is 11.7. The van der Waals surface area contributed by atoms with Gasteiger partial charge < -0.3 is 10.6 Å². The second-order valence-electron chi connectivity index (χ2n) is 4.93. The van der Waals surface area contributed by atoms with E-state index in [1.165, 1.54) is 6.33 Å². The molecule has 0 radical (unpaired) electrons. The van der Waals surface area contributed by atoms with Crippen LogP contribution < -0.4 is 10.6 Å². The zero-order chi connectivity index (χ0) is 14.3. The summed E-state index contributed by atoms with van der Waals surface area (Å²) in [5, 5.41) is 4.55. The number of hydrogen-bond donors (Lipinski definition) is 1. The second-order valence-corrected chi connectivity index (χ2v) is 5.29. The van der Waals surface area contributed by atoms with E-state index >= 15 is 0 Å². The Morgan fingerprint density at radius 3 is 3.05 bits per heavy atom. The molecule has 0 spiro atoms. The van der Waals surface area contributed by atoms with Gasteiger partial charge >= 0.3 is 0 Å². The average molecular weight is 295 g/mol. The maximum Gasteiger partial charge on any atom is 0.255 e. The number of carbonyl (C=O) groups excluding carboxylic acids is 1. The van der Waals surface area contributed by atoms with Crippen LogP contribution in [0.5, 0.6) is 0 Å². The van der Waals surface area contributed by atoms with E-state index in [9.17, 15) is 4.79 Å². The van der Waals surface area contributed by atoms with Gasteiger partial charge in [0.1, 0.15) is 23.3 Å². The lowest BCUT2D eigenvalue weighted by Crippen LogP contribution is -2.49. The number of nitrogens with two attached hydrogens (primary N) is 1. The molecule has 2 aromatic rings. The zero-order valence-electron chi connectivity index (χ0n) is 11.1. The van der Waals surface area contributed by atoms with Crippen molar-refractivity contribution in [1.29, 1.82) is 0 Å². The standard InChI is InChI=1S/C12H15ClN6O/c1-7-9(13)17-12-15-6-16-19(12)11(7)18-5-3-2-4-8(18)10(14)20/h6,8H,2-5H2,1H3,(H2,14,20). The van der Waals surface area contributed by atoms with Gasteiger partial charge in [-0.2, -0.15) is 19.6 Å². The molecule has 1 aliphatic rings. The molecule has 1 atom stereocenters. The highest BCUT2D eigenvalue weighted by atomic mass is 35.5. The van der Waals surface area contributed by atoms with E-state index in [1.807, 2.05) is 11.8 Å². The van der Waals surface area contributed by atoms with Gasteiger partial charge in [0.25, 0.3) is 5.78 Å². The molecule has 3 heterocycles. The first kappa shape index (κ1) is 13.1. The molecule has 0 aromatic carbocycles. The molecule has 7 nitrogen and oxygen atoms in total. The number of halogens is 1. The fraction of sp³-hybridized carbons (Fsp3) is 0.500. The number of hydrogen-bond acceptors (Lipinski definition) is 5. The third kappa shape index (κ3) is 1.98. The molecule has 0 bridgehead atoms. The first-order chi connectivity index (χ1) is 9.59. The van der Waals surface area contributed by atoms with Gasteiger partial charge in [0.15, 0.2) is 0 Å². The van der Waals surface area contributed by atoms with Crippen LogP contribution in [-0.4, -0.2) is 38.1 Å². The number of primary amides is 1. The van der Waals surface area contributed by atoms with Gasteiger partial charge in [-0.05, 0) is 26.2 Å². The zero-order valence-corrected chi connectivity index (χ0v) is 11.8. The molecule has 2 N–H and O–H groups in total. The first-order valence-corrected chi connectivity index (χ1v) is 6.89. The Labute approximate surface area is 120 Å². The van der Waals surface area contributed by atoms with Crippen molar-refractivity contribution in [3.63, 3.8) is 0 Å². The molecular weight excluding hydrogens is 280 g/mol. The summed E-state index contributed by atoms with van der Waals surface area (Å²) >= 11 is 6.16. The monoisotopic (exact) mass is 294 g/mol. The summed E-state index contributed by atoms with van der Waals surface area (Å²) in [6.07, 6.45) is 4.15. The fourth-order valence-electron chi connectivity index (χ4n) is 2.70. The minimum Gasteiger partial charge on any atom is -0.368 e. The van der Waals surface area contributed by atoms with Crippen molar-refractivity contribution < 1.29 is 4.79 Å². The number of anilines is 1. The number of fused-ring (bicyclic) bond motifs is 1. The van der Waals surface area contributed by atoms with Gasteiger partial charge in [0, 0.05) is 12.1 Å². The third-order valence-corrected chi connectivity index (χ3v) is 4.04. The van der Waals surface area contributed by atoms with Crippen molar-refractivity contribution >= 4 is 29.1 Å². The van der Waals surface area contributed by atoms with Crippen LogP contribution in [0.3, 0.4) is 0 Å². The van der Waals surface area contributed by atoms with Crippen LogP contribution in [0.2, 0.25) is 5.15 Å². The largest absolute Gasteiger partial charge is 0.368 e. The molecule has 0 saturated carbocycles. The predicted molar refractivity (Wildman–Crippen MR) is 74.7 cm³/mol. The van der Waals surface area contributed by atoms with E-state index < -0.39 is 0 Å². The quantitative estimate of drug-likeness (QED) is 0.832. The van der Waals surface area contributed by atoms with E-state index in [0.717, 1.165) is 37.2 Å². The molecule has 1 amide bonds. The van der Waals surface area contributed by atoms with Gasteiger partial charge in [-0.15, -0.1) is 0 Å². The van der Waals surface area contributed by atoms with Crippen molar-refractivity contribution in [2.45, 2.75) is 32.2 Å². The smallest absolute Gasteiger partial charge is 0.255 e. The van der Waals surface area contributed by atoms with Crippen LogP contribution in [0.25, 0.3) is 5.78 Å².